The molecule has 3 aromatic carbocycles. The predicted molar refractivity (Wildman–Crippen MR) is 109 cm³/mol. The monoisotopic (exact) mass is 396 g/mol. The van der Waals surface area contributed by atoms with Gasteiger partial charge in [-0.25, -0.2) is 8.42 Å². The highest BCUT2D eigenvalue weighted by Gasteiger charge is 2.20. The zero-order chi connectivity index (χ0) is 20.1. The number of methoxy groups -OCH3 is 1. The van der Waals surface area contributed by atoms with Crippen LogP contribution in [0.15, 0.2) is 77.7 Å². The average Bonchev–Trinajstić information content (AvgIpc) is 2.69. The number of benzene rings is 3. The molecule has 7 heteroatoms. The first-order valence-corrected chi connectivity index (χ1v) is 10.0. The number of para-hydroxylation sites is 3. The minimum absolute atomic E-state index is 0.0454. The number of hydrogen-bond donors (Lipinski definition) is 2. The molecule has 0 unspecified atom stereocenters. The second kappa shape index (κ2) is 8.14. The van der Waals surface area contributed by atoms with Crippen molar-refractivity contribution in [1.29, 1.82) is 0 Å². The lowest BCUT2D eigenvalue weighted by atomic mass is 10.1. The maximum atomic E-state index is 12.8. The van der Waals surface area contributed by atoms with Crippen molar-refractivity contribution in [3.05, 3.63) is 83.9 Å². The van der Waals surface area contributed by atoms with Gasteiger partial charge in [-0.2, -0.15) is 0 Å². The van der Waals surface area contributed by atoms with Gasteiger partial charge in [-0.05, 0) is 48.9 Å². The topological polar surface area (TPSA) is 84.5 Å². The fourth-order valence-electron chi connectivity index (χ4n) is 2.69. The van der Waals surface area contributed by atoms with Gasteiger partial charge in [0.05, 0.1) is 17.7 Å². The van der Waals surface area contributed by atoms with Gasteiger partial charge >= 0.3 is 0 Å². The molecule has 28 heavy (non-hydrogen) atoms. The third-order valence-corrected chi connectivity index (χ3v) is 5.64. The summed E-state index contributed by atoms with van der Waals surface area (Å²) < 4.78 is 33.3. The molecular formula is C21H20N2O4S. The number of ether oxygens (including phenoxy) is 1. The number of aryl methyl sites for hydroxylation is 1. The average molecular weight is 396 g/mol. The van der Waals surface area contributed by atoms with Gasteiger partial charge in [-0.15, -0.1) is 0 Å². The van der Waals surface area contributed by atoms with E-state index in [0.717, 1.165) is 0 Å². The van der Waals surface area contributed by atoms with Gasteiger partial charge in [0, 0.05) is 11.3 Å². The van der Waals surface area contributed by atoms with E-state index >= 15 is 0 Å². The van der Waals surface area contributed by atoms with Crippen LogP contribution in [0.4, 0.5) is 11.4 Å². The highest BCUT2D eigenvalue weighted by Crippen LogP contribution is 2.25. The van der Waals surface area contributed by atoms with Crippen molar-refractivity contribution in [1.82, 2.24) is 0 Å². The van der Waals surface area contributed by atoms with E-state index in [2.05, 4.69) is 10.0 Å². The molecule has 0 heterocycles. The molecule has 0 radical (unpaired) electrons. The molecule has 0 aromatic heterocycles. The lowest BCUT2D eigenvalue weighted by Crippen LogP contribution is -2.17. The Labute approximate surface area is 164 Å². The van der Waals surface area contributed by atoms with Crippen LogP contribution in [0, 0.1) is 6.92 Å². The van der Waals surface area contributed by atoms with Crippen molar-refractivity contribution >= 4 is 27.3 Å². The van der Waals surface area contributed by atoms with Gasteiger partial charge in [0.2, 0.25) is 0 Å². The van der Waals surface area contributed by atoms with Crippen molar-refractivity contribution in [2.45, 2.75) is 11.8 Å². The Morgan fingerprint density at radius 3 is 2.32 bits per heavy atom. The number of hydrogen-bond acceptors (Lipinski definition) is 4. The van der Waals surface area contributed by atoms with Gasteiger partial charge in [0.1, 0.15) is 5.75 Å². The van der Waals surface area contributed by atoms with E-state index in [1.54, 1.807) is 73.7 Å². The van der Waals surface area contributed by atoms with E-state index in [-0.39, 0.29) is 10.5 Å². The van der Waals surface area contributed by atoms with E-state index in [1.165, 1.54) is 13.2 Å². The smallest absolute Gasteiger partial charge is 0.262 e. The molecule has 2 N–H and O–H groups in total. The summed E-state index contributed by atoms with van der Waals surface area (Å²) in [7, 11) is -2.33. The summed E-state index contributed by atoms with van der Waals surface area (Å²) in [4.78, 5) is 12.7. The molecule has 3 aromatic rings. The van der Waals surface area contributed by atoms with Crippen LogP contribution >= 0.6 is 0 Å². The van der Waals surface area contributed by atoms with Crippen molar-refractivity contribution < 1.29 is 17.9 Å². The minimum Gasteiger partial charge on any atom is -0.495 e. The maximum Gasteiger partial charge on any atom is 0.262 e. The van der Waals surface area contributed by atoms with E-state index in [9.17, 15) is 13.2 Å². The molecule has 0 aliphatic heterocycles. The Morgan fingerprint density at radius 1 is 0.929 bits per heavy atom. The summed E-state index contributed by atoms with van der Waals surface area (Å²) in [5.41, 5.74) is 1.72. The third kappa shape index (κ3) is 4.32. The van der Waals surface area contributed by atoms with Crippen molar-refractivity contribution in [3.8, 4) is 5.75 Å². The number of amides is 1. The first kappa shape index (κ1) is 19.4. The van der Waals surface area contributed by atoms with E-state index in [1.807, 2.05) is 0 Å². The molecule has 0 spiro atoms. The van der Waals surface area contributed by atoms with Gasteiger partial charge in [0.15, 0.2) is 0 Å². The fourth-order valence-corrected chi connectivity index (χ4v) is 4.02. The number of nitrogens with one attached hydrogen (secondary N) is 2. The number of rotatable bonds is 6. The zero-order valence-electron chi connectivity index (χ0n) is 15.5. The van der Waals surface area contributed by atoms with Gasteiger partial charge < -0.3 is 10.1 Å². The molecule has 0 bridgehead atoms. The molecule has 144 valence electrons. The lowest BCUT2D eigenvalue weighted by molar-refractivity contribution is 0.102. The Hall–Kier alpha value is -3.32. The summed E-state index contributed by atoms with van der Waals surface area (Å²) in [6, 6.07) is 20.1. The zero-order valence-corrected chi connectivity index (χ0v) is 16.3. The van der Waals surface area contributed by atoms with Crippen LogP contribution in [0.1, 0.15) is 15.9 Å². The summed E-state index contributed by atoms with van der Waals surface area (Å²) in [6.45, 7) is 1.68. The molecule has 0 saturated heterocycles. The first-order chi connectivity index (χ1) is 13.4. The molecule has 0 atom stereocenters. The fraction of sp³-hybridized carbons (Fsp3) is 0.0952. The molecule has 3 rings (SSSR count). The second-order valence-corrected chi connectivity index (χ2v) is 7.76. The van der Waals surface area contributed by atoms with Gasteiger partial charge in [-0.1, -0.05) is 36.4 Å². The third-order valence-electron chi connectivity index (χ3n) is 4.12. The Morgan fingerprint density at radius 2 is 1.61 bits per heavy atom. The Balaban J connectivity index is 1.89. The van der Waals surface area contributed by atoms with Crippen LogP contribution in [0.2, 0.25) is 0 Å². The van der Waals surface area contributed by atoms with E-state index in [4.69, 9.17) is 4.74 Å². The number of sulfonamides is 1. The summed E-state index contributed by atoms with van der Waals surface area (Å²) in [6.07, 6.45) is 0. The normalized spacial score (nSPS) is 10.9. The van der Waals surface area contributed by atoms with Crippen molar-refractivity contribution in [3.63, 3.8) is 0 Å². The molecule has 0 aliphatic carbocycles. The highest BCUT2D eigenvalue weighted by atomic mass is 32.2. The number of carbonyl (C=O) groups is 1. The van der Waals surface area contributed by atoms with Crippen LogP contribution < -0.4 is 14.8 Å². The first-order valence-electron chi connectivity index (χ1n) is 8.53. The van der Waals surface area contributed by atoms with Crippen molar-refractivity contribution in [2.24, 2.45) is 0 Å². The van der Waals surface area contributed by atoms with Crippen LogP contribution in [-0.4, -0.2) is 21.4 Å². The molecule has 0 fully saturated rings. The molecular weight excluding hydrogens is 376 g/mol. The van der Waals surface area contributed by atoms with Gasteiger partial charge in [-0.3, -0.25) is 9.52 Å². The largest absolute Gasteiger partial charge is 0.495 e. The van der Waals surface area contributed by atoms with Crippen LogP contribution in [0.3, 0.4) is 0 Å². The standard InChI is InChI=1S/C21H20N2O4S/c1-15-12-13-16(21(24)22-18-10-6-7-11-19(18)27-2)14-20(15)28(25,26)23-17-8-4-3-5-9-17/h3-14,23H,1-2H3,(H,22,24). The Bertz CT molecular complexity index is 1100. The molecule has 1 amide bonds. The molecule has 0 saturated carbocycles. The van der Waals surface area contributed by atoms with Crippen molar-refractivity contribution in [2.75, 3.05) is 17.1 Å². The quantitative estimate of drug-likeness (QED) is 0.658. The summed E-state index contributed by atoms with van der Waals surface area (Å²) in [5, 5.41) is 2.75. The Kier molecular flexibility index (Phi) is 5.65. The summed E-state index contributed by atoms with van der Waals surface area (Å²) in [5.74, 6) is 0.0854. The predicted octanol–water partition coefficient (Wildman–Crippen LogP) is 4.06. The van der Waals surface area contributed by atoms with Gasteiger partial charge in [0.25, 0.3) is 15.9 Å². The SMILES string of the molecule is COc1ccccc1NC(=O)c1ccc(C)c(S(=O)(=O)Nc2ccccc2)c1. The lowest BCUT2D eigenvalue weighted by Gasteiger charge is -2.13. The van der Waals surface area contributed by atoms with Crippen LogP contribution in [0.25, 0.3) is 0 Å². The van der Waals surface area contributed by atoms with E-state index < -0.39 is 15.9 Å². The molecule has 6 nitrogen and oxygen atoms in total. The van der Waals surface area contributed by atoms with Crippen LogP contribution in [0.5, 0.6) is 5.75 Å². The second-order valence-electron chi connectivity index (χ2n) is 6.11. The molecule has 0 aliphatic rings. The summed E-state index contributed by atoms with van der Waals surface area (Å²) >= 11 is 0. The van der Waals surface area contributed by atoms with Crippen LogP contribution in [-0.2, 0) is 10.0 Å². The minimum atomic E-state index is -3.84. The van der Waals surface area contributed by atoms with E-state index in [0.29, 0.717) is 22.7 Å². The maximum absolute atomic E-state index is 12.8. The number of carbonyl (C=O) groups excluding carboxylic acids is 1. The number of anilines is 2. The highest BCUT2D eigenvalue weighted by molar-refractivity contribution is 7.92.